The second-order valence-corrected chi connectivity index (χ2v) is 9.17. The van der Waals surface area contributed by atoms with E-state index in [0.29, 0.717) is 36.0 Å². The minimum Gasteiger partial charge on any atom is -0.489 e. The van der Waals surface area contributed by atoms with Crippen LogP contribution >= 0.6 is 0 Å². The SMILES string of the molecule is Cc1ccc(COc2ccc(NC(=O)/C(C#N)=C/c3ccccc3OCc3ccc(C)c(C)c3)cc2)cc1. The first kappa shape index (κ1) is 26.2. The lowest BCUT2D eigenvalue weighted by Gasteiger charge is -2.11. The summed E-state index contributed by atoms with van der Waals surface area (Å²) in [4.78, 5) is 12.9. The molecule has 0 atom stereocenters. The number of hydrogen-bond donors (Lipinski definition) is 1. The van der Waals surface area contributed by atoms with E-state index in [9.17, 15) is 10.1 Å². The van der Waals surface area contributed by atoms with Crippen molar-refractivity contribution in [3.05, 3.63) is 130 Å². The van der Waals surface area contributed by atoms with Crippen LogP contribution in [0.15, 0.2) is 96.6 Å². The van der Waals surface area contributed by atoms with Crippen LogP contribution in [0.3, 0.4) is 0 Å². The number of carbonyl (C=O) groups is 1. The quantitative estimate of drug-likeness (QED) is 0.192. The summed E-state index contributed by atoms with van der Waals surface area (Å²) in [5.74, 6) is 0.792. The van der Waals surface area contributed by atoms with E-state index in [2.05, 4.69) is 31.3 Å². The molecule has 38 heavy (non-hydrogen) atoms. The molecule has 0 radical (unpaired) electrons. The fourth-order valence-electron chi connectivity index (χ4n) is 3.77. The summed E-state index contributed by atoms with van der Waals surface area (Å²) in [6, 6.07) is 30.8. The monoisotopic (exact) mass is 502 g/mol. The number of anilines is 1. The Labute approximate surface area is 224 Å². The molecule has 0 bridgehead atoms. The molecule has 0 fully saturated rings. The van der Waals surface area contributed by atoms with Crippen molar-refractivity contribution in [1.29, 1.82) is 5.26 Å². The number of amides is 1. The Morgan fingerprint density at radius 3 is 2.21 bits per heavy atom. The van der Waals surface area contributed by atoms with E-state index in [1.54, 1.807) is 30.3 Å². The van der Waals surface area contributed by atoms with E-state index in [0.717, 1.165) is 11.1 Å². The molecule has 1 amide bonds. The maximum Gasteiger partial charge on any atom is 0.266 e. The lowest BCUT2D eigenvalue weighted by Crippen LogP contribution is -2.13. The third kappa shape index (κ3) is 7.11. The van der Waals surface area contributed by atoms with Crippen molar-refractivity contribution in [3.63, 3.8) is 0 Å². The fourth-order valence-corrected chi connectivity index (χ4v) is 3.77. The van der Waals surface area contributed by atoms with Gasteiger partial charge in [0.2, 0.25) is 0 Å². The van der Waals surface area contributed by atoms with E-state index < -0.39 is 5.91 Å². The zero-order chi connectivity index (χ0) is 26.9. The lowest BCUT2D eigenvalue weighted by molar-refractivity contribution is -0.112. The van der Waals surface area contributed by atoms with Crippen LogP contribution in [-0.4, -0.2) is 5.91 Å². The minimum atomic E-state index is -0.496. The highest BCUT2D eigenvalue weighted by molar-refractivity contribution is 6.09. The van der Waals surface area contributed by atoms with E-state index >= 15 is 0 Å². The summed E-state index contributed by atoms with van der Waals surface area (Å²) in [5, 5.41) is 12.5. The topological polar surface area (TPSA) is 71.3 Å². The zero-order valence-electron chi connectivity index (χ0n) is 21.8. The number of rotatable bonds is 9. The van der Waals surface area contributed by atoms with Crippen LogP contribution < -0.4 is 14.8 Å². The Hall–Kier alpha value is -4.82. The van der Waals surface area contributed by atoms with E-state index in [4.69, 9.17) is 9.47 Å². The van der Waals surface area contributed by atoms with Gasteiger partial charge >= 0.3 is 0 Å². The number of carbonyl (C=O) groups excluding carboxylic acids is 1. The van der Waals surface area contributed by atoms with Crippen molar-refractivity contribution < 1.29 is 14.3 Å². The molecular weight excluding hydrogens is 472 g/mol. The molecule has 0 heterocycles. The van der Waals surface area contributed by atoms with Crippen LogP contribution in [0.4, 0.5) is 5.69 Å². The van der Waals surface area contributed by atoms with Gasteiger partial charge in [-0.15, -0.1) is 0 Å². The molecule has 0 unspecified atom stereocenters. The molecule has 0 aliphatic carbocycles. The third-order valence-corrected chi connectivity index (χ3v) is 6.19. The van der Waals surface area contributed by atoms with Gasteiger partial charge in [-0.25, -0.2) is 0 Å². The Morgan fingerprint density at radius 1 is 0.816 bits per heavy atom. The number of para-hydroxylation sites is 1. The van der Waals surface area contributed by atoms with Gasteiger partial charge in [-0.1, -0.05) is 66.2 Å². The molecule has 190 valence electrons. The van der Waals surface area contributed by atoms with Gasteiger partial charge in [0.15, 0.2) is 0 Å². The maximum absolute atomic E-state index is 12.9. The molecule has 0 aromatic heterocycles. The predicted octanol–water partition coefficient (Wildman–Crippen LogP) is 7.32. The summed E-state index contributed by atoms with van der Waals surface area (Å²) in [7, 11) is 0. The third-order valence-electron chi connectivity index (χ3n) is 6.19. The number of hydrogen-bond acceptors (Lipinski definition) is 4. The second kappa shape index (κ2) is 12.4. The fraction of sp³-hybridized carbons (Fsp3) is 0.152. The highest BCUT2D eigenvalue weighted by Gasteiger charge is 2.12. The predicted molar refractivity (Wildman–Crippen MR) is 151 cm³/mol. The normalized spacial score (nSPS) is 10.9. The molecule has 0 spiro atoms. The Kier molecular flexibility index (Phi) is 8.58. The molecule has 4 aromatic carbocycles. The number of ether oxygens (including phenoxy) is 2. The molecule has 0 aliphatic rings. The van der Waals surface area contributed by atoms with Gasteiger partial charge in [0, 0.05) is 11.3 Å². The van der Waals surface area contributed by atoms with E-state index in [1.807, 2.05) is 67.6 Å². The van der Waals surface area contributed by atoms with Crippen LogP contribution in [-0.2, 0) is 18.0 Å². The van der Waals surface area contributed by atoms with E-state index in [1.165, 1.54) is 16.7 Å². The summed E-state index contributed by atoms with van der Waals surface area (Å²) in [5.41, 5.74) is 6.96. The zero-order valence-corrected chi connectivity index (χ0v) is 21.8. The van der Waals surface area contributed by atoms with Crippen molar-refractivity contribution in [1.82, 2.24) is 0 Å². The van der Waals surface area contributed by atoms with Crippen LogP contribution in [0.1, 0.15) is 33.4 Å². The Morgan fingerprint density at radius 2 is 1.50 bits per heavy atom. The Bertz CT molecular complexity index is 1480. The summed E-state index contributed by atoms with van der Waals surface area (Å²) in [6.07, 6.45) is 1.55. The van der Waals surface area contributed by atoms with Gasteiger partial charge in [-0.05, 0) is 79.4 Å². The standard InChI is InChI=1S/C33H30N2O3/c1-23-8-11-26(12-9-23)21-37-31-16-14-30(15-17-31)35-33(36)29(20-34)19-28-6-4-5-7-32(28)38-22-27-13-10-24(2)25(3)18-27/h4-19H,21-22H2,1-3H3,(H,35,36)/b29-19+. The second-order valence-electron chi connectivity index (χ2n) is 9.17. The average Bonchev–Trinajstić information content (AvgIpc) is 2.93. The first-order valence-corrected chi connectivity index (χ1v) is 12.4. The number of nitriles is 1. The molecule has 0 aliphatic heterocycles. The first-order valence-electron chi connectivity index (χ1n) is 12.4. The van der Waals surface area contributed by atoms with Crippen molar-refractivity contribution in [2.24, 2.45) is 0 Å². The van der Waals surface area contributed by atoms with Crippen LogP contribution in [0.2, 0.25) is 0 Å². The molecule has 5 heteroatoms. The lowest BCUT2D eigenvalue weighted by atomic mass is 10.1. The minimum absolute atomic E-state index is 0.0214. The highest BCUT2D eigenvalue weighted by atomic mass is 16.5. The van der Waals surface area contributed by atoms with Crippen molar-refractivity contribution in [2.75, 3.05) is 5.32 Å². The summed E-state index contributed by atoms with van der Waals surface area (Å²) >= 11 is 0. The van der Waals surface area contributed by atoms with Crippen LogP contribution in [0.25, 0.3) is 6.08 Å². The van der Waals surface area contributed by atoms with Gasteiger partial charge in [0.25, 0.3) is 5.91 Å². The highest BCUT2D eigenvalue weighted by Crippen LogP contribution is 2.24. The van der Waals surface area contributed by atoms with Crippen LogP contribution in [0, 0.1) is 32.1 Å². The van der Waals surface area contributed by atoms with Crippen molar-refractivity contribution >= 4 is 17.7 Å². The van der Waals surface area contributed by atoms with Gasteiger partial charge in [-0.2, -0.15) is 5.26 Å². The maximum atomic E-state index is 12.9. The van der Waals surface area contributed by atoms with Crippen molar-refractivity contribution in [2.45, 2.75) is 34.0 Å². The Balaban J connectivity index is 1.39. The van der Waals surface area contributed by atoms with Gasteiger partial charge in [0.1, 0.15) is 36.4 Å². The summed E-state index contributed by atoms with van der Waals surface area (Å²) in [6.45, 7) is 7.03. The molecule has 4 aromatic rings. The molecule has 5 nitrogen and oxygen atoms in total. The summed E-state index contributed by atoms with van der Waals surface area (Å²) < 4.78 is 11.9. The van der Waals surface area contributed by atoms with Gasteiger partial charge in [0.05, 0.1) is 0 Å². The van der Waals surface area contributed by atoms with Crippen molar-refractivity contribution in [3.8, 4) is 17.6 Å². The number of nitrogens with zero attached hydrogens (tertiary/aromatic N) is 1. The number of nitrogens with one attached hydrogen (secondary N) is 1. The average molecular weight is 503 g/mol. The molecule has 1 N–H and O–H groups in total. The van der Waals surface area contributed by atoms with Crippen LogP contribution in [0.5, 0.6) is 11.5 Å². The molecular formula is C33H30N2O3. The number of benzene rings is 4. The molecule has 0 saturated carbocycles. The smallest absolute Gasteiger partial charge is 0.266 e. The van der Waals surface area contributed by atoms with Gasteiger partial charge < -0.3 is 14.8 Å². The molecule has 4 rings (SSSR count). The van der Waals surface area contributed by atoms with E-state index in [-0.39, 0.29) is 5.57 Å². The largest absolute Gasteiger partial charge is 0.489 e. The number of aryl methyl sites for hydroxylation is 3. The first-order chi connectivity index (χ1) is 18.4. The molecule has 0 saturated heterocycles. The van der Waals surface area contributed by atoms with Gasteiger partial charge in [-0.3, -0.25) is 4.79 Å².